The van der Waals surface area contributed by atoms with E-state index >= 15 is 0 Å². The number of carboxylic acids is 1. The first-order chi connectivity index (χ1) is 12.5. The van der Waals surface area contributed by atoms with E-state index in [0.29, 0.717) is 28.4 Å². The molecule has 26 heavy (non-hydrogen) atoms. The molecule has 7 heteroatoms. The first-order valence-corrected chi connectivity index (χ1v) is 7.78. The fourth-order valence-corrected chi connectivity index (χ4v) is 2.47. The molecule has 2 aromatic carbocycles. The minimum Gasteiger partial charge on any atom is -0.508 e. The standard InChI is InChI=1S/C19H16O7/c1-24-16-8-11(2-5-14(16)25-7-6-18(21)22)9-17-19(23)13-4-3-12(20)10-15(13)26-17/h2-5,8-10,20H,6-7H2,1H3,(H,21,22)/b17-9+. The molecule has 0 saturated carbocycles. The van der Waals surface area contributed by atoms with Gasteiger partial charge < -0.3 is 24.4 Å². The number of hydrogen-bond acceptors (Lipinski definition) is 6. The Kier molecular flexibility index (Phi) is 4.79. The van der Waals surface area contributed by atoms with E-state index < -0.39 is 5.97 Å². The topological polar surface area (TPSA) is 102 Å². The number of ether oxygens (including phenoxy) is 3. The third kappa shape index (κ3) is 3.61. The van der Waals surface area contributed by atoms with Crippen LogP contribution in [0.3, 0.4) is 0 Å². The Hall–Kier alpha value is -3.48. The third-order valence-corrected chi connectivity index (χ3v) is 3.71. The molecule has 1 aliphatic rings. The van der Waals surface area contributed by atoms with Gasteiger partial charge >= 0.3 is 5.97 Å². The number of benzene rings is 2. The van der Waals surface area contributed by atoms with E-state index in [1.807, 2.05) is 0 Å². The average Bonchev–Trinajstić information content (AvgIpc) is 2.90. The molecule has 134 valence electrons. The first-order valence-electron chi connectivity index (χ1n) is 7.78. The average molecular weight is 356 g/mol. The highest BCUT2D eigenvalue weighted by Crippen LogP contribution is 2.35. The van der Waals surface area contributed by atoms with Crippen LogP contribution in [-0.2, 0) is 4.79 Å². The Morgan fingerprint density at radius 2 is 2.00 bits per heavy atom. The van der Waals surface area contributed by atoms with E-state index in [2.05, 4.69) is 0 Å². The van der Waals surface area contributed by atoms with E-state index in [1.54, 1.807) is 24.3 Å². The van der Waals surface area contributed by atoms with Crippen molar-refractivity contribution in [3.63, 3.8) is 0 Å². The molecule has 0 fully saturated rings. The Bertz CT molecular complexity index is 899. The molecule has 1 aliphatic heterocycles. The molecule has 0 bridgehead atoms. The number of allylic oxidation sites excluding steroid dienone is 1. The van der Waals surface area contributed by atoms with Crippen molar-refractivity contribution in [1.29, 1.82) is 0 Å². The van der Waals surface area contributed by atoms with Crippen LogP contribution in [0.5, 0.6) is 23.0 Å². The van der Waals surface area contributed by atoms with Gasteiger partial charge in [-0.2, -0.15) is 0 Å². The van der Waals surface area contributed by atoms with Gasteiger partial charge in [0.1, 0.15) is 11.5 Å². The summed E-state index contributed by atoms with van der Waals surface area (Å²) in [5.74, 6) is 0.0399. The van der Waals surface area contributed by atoms with Crippen LogP contribution in [0.15, 0.2) is 42.2 Å². The highest BCUT2D eigenvalue weighted by molar-refractivity contribution is 6.14. The van der Waals surface area contributed by atoms with Crippen LogP contribution < -0.4 is 14.2 Å². The molecule has 0 atom stereocenters. The SMILES string of the molecule is COc1cc(/C=C2/Oc3cc(O)ccc3C2=O)ccc1OCCC(=O)O. The second-order valence-electron chi connectivity index (χ2n) is 5.52. The number of Topliss-reactive ketones (excluding diaryl/α,β-unsaturated/α-hetero) is 1. The zero-order chi connectivity index (χ0) is 18.7. The number of aromatic hydroxyl groups is 1. The van der Waals surface area contributed by atoms with Gasteiger partial charge in [0.15, 0.2) is 17.3 Å². The summed E-state index contributed by atoms with van der Waals surface area (Å²) < 4.78 is 16.2. The molecule has 0 amide bonds. The lowest BCUT2D eigenvalue weighted by Gasteiger charge is -2.10. The Balaban J connectivity index is 1.81. The van der Waals surface area contributed by atoms with Gasteiger partial charge in [0, 0.05) is 6.07 Å². The molecule has 0 radical (unpaired) electrons. The summed E-state index contributed by atoms with van der Waals surface area (Å²) in [6.07, 6.45) is 1.44. The van der Waals surface area contributed by atoms with Crippen molar-refractivity contribution >= 4 is 17.8 Å². The number of carbonyl (C=O) groups is 2. The molecule has 2 aromatic rings. The van der Waals surface area contributed by atoms with Gasteiger partial charge in [0.2, 0.25) is 5.78 Å². The summed E-state index contributed by atoms with van der Waals surface area (Å²) in [5, 5.41) is 18.1. The quantitative estimate of drug-likeness (QED) is 0.767. The maximum Gasteiger partial charge on any atom is 0.306 e. The fraction of sp³-hybridized carbons (Fsp3) is 0.158. The molecule has 0 unspecified atom stereocenters. The predicted molar refractivity (Wildman–Crippen MR) is 91.8 cm³/mol. The lowest BCUT2D eigenvalue weighted by atomic mass is 10.1. The summed E-state index contributed by atoms with van der Waals surface area (Å²) >= 11 is 0. The number of methoxy groups -OCH3 is 1. The van der Waals surface area contributed by atoms with Crippen LogP contribution in [0.4, 0.5) is 0 Å². The number of phenolic OH excluding ortho intramolecular Hbond substituents is 1. The molecule has 0 saturated heterocycles. The van der Waals surface area contributed by atoms with E-state index in [-0.39, 0.29) is 30.3 Å². The zero-order valence-corrected chi connectivity index (χ0v) is 13.9. The first kappa shape index (κ1) is 17.3. The van der Waals surface area contributed by atoms with E-state index in [9.17, 15) is 14.7 Å². The fourth-order valence-electron chi connectivity index (χ4n) is 2.47. The van der Waals surface area contributed by atoms with Crippen LogP contribution in [-0.4, -0.2) is 35.7 Å². The number of ketones is 1. The number of carboxylic acid groups (broad SMARTS) is 1. The highest BCUT2D eigenvalue weighted by Gasteiger charge is 2.27. The third-order valence-electron chi connectivity index (χ3n) is 3.71. The normalized spacial score (nSPS) is 14.0. The lowest BCUT2D eigenvalue weighted by molar-refractivity contribution is -0.137. The maximum atomic E-state index is 12.4. The minimum atomic E-state index is -0.951. The van der Waals surface area contributed by atoms with Crippen LogP contribution >= 0.6 is 0 Å². The highest BCUT2D eigenvalue weighted by atomic mass is 16.5. The molecular formula is C19H16O7. The number of carbonyl (C=O) groups excluding carboxylic acids is 1. The Labute approximate surface area is 149 Å². The Morgan fingerprint density at radius 3 is 2.73 bits per heavy atom. The molecule has 3 rings (SSSR count). The molecule has 0 spiro atoms. The number of hydrogen-bond donors (Lipinski definition) is 2. The summed E-state index contributed by atoms with van der Waals surface area (Å²) in [4.78, 5) is 22.9. The largest absolute Gasteiger partial charge is 0.508 e. The number of fused-ring (bicyclic) bond motifs is 1. The molecular weight excluding hydrogens is 340 g/mol. The van der Waals surface area contributed by atoms with Crippen molar-refractivity contribution in [2.24, 2.45) is 0 Å². The van der Waals surface area contributed by atoms with E-state index in [1.165, 1.54) is 25.3 Å². The van der Waals surface area contributed by atoms with Crippen molar-refractivity contribution in [1.82, 2.24) is 0 Å². The molecule has 7 nitrogen and oxygen atoms in total. The van der Waals surface area contributed by atoms with Gasteiger partial charge in [-0.3, -0.25) is 9.59 Å². The van der Waals surface area contributed by atoms with Crippen molar-refractivity contribution in [2.75, 3.05) is 13.7 Å². The number of rotatable bonds is 6. The van der Waals surface area contributed by atoms with Gasteiger partial charge in [0.05, 0.1) is 25.7 Å². The van der Waals surface area contributed by atoms with Gasteiger partial charge in [-0.15, -0.1) is 0 Å². The van der Waals surface area contributed by atoms with Gasteiger partial charge in [-0.25, -0.2) is 0 Å². The summed E-state index contributed by atoms with van der Waals surface area (Å²) in [6, 6.07) is 9.30. The van der Waals surface area contributed by atoms with Crippen molar-refractivity contribution in [3.05, 3.63) is 53.3 Å². The second-order valence-corrected chi connectivity index (χ2v) is 5.52. The van der Waals surface area contributed by atoms with Crippen LogP contribution in [0.25, 0.3) is 6.08 Å². The Morgan fingerprint density at radius 1 is 1.19 bits per heavy atom. The van der Waals surface area contributed by atoms with Gasteiger partial charge in [-0.05, 0) is 35.9 Å². The van der Waals surface area contributed by atoms with Crippen molar-refractivity contribution in [3.8, 4) is 23.0 Å². The minimum absolute atomic E-state index is 0.0160. The molecule has 0 aromatic heterocycles. The smallest absolute Gasteiger partial charge is 0.306 e. The van der Waals surface area contributed by atoms with Crippen LogP contribution in [0.1, 0.15) is 22.3 Å². The van der Waals surface area contributed by atoms with E-state index in [0.717, 1.165) is 0 Å². The summed E-state index contributed by atoms with van der Waals surface area (Å²) in [5.41, 5.74) is 1.03. The maximum absolute atomic E-state index is 12.4. The summed E-state index contributed by atoms with van der Waals surface area (Å²) in [7, 11) is 1.46. The monoisotopic (exact) mass is 356 g/mol. The number of aliphatic carboxylic acids is 1. The van der Waals surface area contributed by atoms with Crippen LogP contribution in [0, 0.1) is 0 Å². The molecule has 2 N–H and O–H groups in total. The van der Waals surface area contributed by atoms with Crippen molar-refractivity contribution in [2.45, 2.75) is 6.42 Å². The second kappa shape index (κ2) is 7.18. The molecule has 0 aliphatic carbocycles. The molecule has 1 heterocycles. The van der Waals surface area contributed by atoms with Gasteiger partial charge in [-0.1, -0.05) is 6.07 Å². The lowest BCUT2D eigenvalue weighted by Crippen LogP contribution is -2.05. The van der Waals surface area contributed by atoms with Crippen molar-refractivity contribution < 1.29 is 34.0 Å². The van der Waals surface area contributed by atoms with E-state index in [4.69, 9.17) is 19.3 Å². The van der Waals surface area contributed by atoms with Gasteiger partial charge in [0.25, 0.3) is 0 Å². The summed E-state index contributed by atoms with van der Waals surface area (Å²) in [6.45, 7) is 0.0204. The predicted octanol–water partition coefficient (Wildman–Crippen LogP) is 2.87. The zero-order valence-electron chi connectivity index (χ0n) is 13.9. The van der Waals surface area contributed by atoms with Crippen LogP contribution in [0.2, 0.25) is 0 Å². The number of phenols is 1.